The highest BCUT2D eigenvalue weighted by Crippen LogP contribution is 2.37. The van der Waals surface area contributed by atoms with Crippen molar-refractivity contribution in [2.45, 2.75) is 11.8 Å². The molecule has 4 nitrogen and oxygen atoms in total. The van der Waals surface area contributed by atoms with Crippen molar-refractivity contribution in [3.05, 3.63) is 47.0 Å². The molecule has 0 atom stereocenters. The maximum atomic E-state index is 14.6. The summed E-state index contributed by atoms with van der Waals surface area (Å²) >= 11 is 0.949. The van der Waals surface area contributed by atoms with Crippen LogP contribution in [0.3, 0.4) is 0 Å². The van der Waals surface area contributed by atoms with E-state index in [0.717, 1.165) is 11.8 Å². The fourth-order valence-corrected chi connectivity index (χ4v) is 2.78. The highest BCUT2D eigenvalue weighted by Gasteiger charge is 2.24. The fourth-order valence-electron chi connectivity index (χ4n) is 2.16. The van der Waals surface area contributed by atoms with Crippen molar-refractivity contribution < 1.29 is 13.5 Å². The van der Waals surface area contributed by atoms with Crippen LogP contribution in [0.25, 0.3) is 0 Å². The summed E-state index contributed by atoms with van der Waals surface area (Å²) in [5, 5.41) is 20.8. The molecular weight excluding hydrogens is 332 g/mol. The zero-order valence-electron chi connectivity index (χ0n) is 13.0. The Morgan fingerprint density at radius 3 is 2.42 bits per heavy atom. The van der Waals surface area contributed by atoms with Crippen molar-refractivity contribution in [2.24, 2.45) is 0 Å². The quantitative estimate of drug-likeness (QED) is 0.804. The monoisotopic (exact) mass is 345 g/mol. The summed E-state index contributed by atoms with van der Waals surface area (Å²) in [7, 11) is 0. The van der Waals surface area contributed by atoms with E-state index in [1.165, 1.54) is 0 Å². The molecular formula is C17H13F2N3OS. The van der Waals surface area contributed by atoms with Crippen LogP contribution in [0, 0.1) is 34.3 Å². The van der Waals surface area contributed by atoms with Crippen LogP contribution in [0.1, 0.15) is 18.1 Å². The molecule has 2 aromatic rings. The van der Waals surface area contributed by atoms with Crippen molar-refractivity contribution in [1.82, 2.24) is 0 Å². The van der Waals surface area contributed by atoms with Gasteiger partial charge >= 0.3 is 0 Å². The third kappa shape index (κ3) is 3.27. The Labute approximate surface area is 142 Å². The number of anilines is 2. The number of nitriles is 2. The van der Waals surface area contributed by atoms with E-state index in [4.69, 9.17) is 15.3 Å². The molecule has 0 amide bonds. The first-order valence-electron chi connectivity index (χ1n) is 6.96. The normalized spacial score (nSPS) is 9.92. The van der Waals surface area contributed by atoms with Crippen LogP contribution in [0.5, 0.6) is 5.75 Å². The molecule has 7 heteroatoms. The second-order valence-corrected chi connectivity index (χ2v) is 5.41. The Morgan fingerprint density at radius 1 is 1.17 bits per heavy atom. The summed E-state index contributed by atoms with van der Waals surface area (Å²) in [6.45, 7) is 2.30. The number of halogens is 2. The second-order valence-electron chi connectivity index (χ2n) is 4.60. The summed E-state index contributed by atoms with van der Waals surface area (Å²) in [5.74, 6) is -1.30. The molecule has 122 valence electrons. The van der Waals surface area contributed by atoms with Gasteiger partial charge in [-0.05, 0) is 25.3 Å². The summed E-state index contributed by atoms with van der Waals surface area (Å²) < 4.78 is 34.4. The van der Waals surface area contributed by atoms with Crippen molar-refractivity contribution in [2.75, 3.05) is 18.2 Å². The molecule has 0 fully saturated rings. The lowest BCUT2D eigenvalue weighted by molar-refractivity contribution is 0.340. The predicted molar refractivity (Wildman–Crippen MR) is 88.5 cm³/mol. The molecule has 0 aliphatic carbocycles. The van der Waals surface area contributed by atoms with Gasteiger partial charge in [-0.1, -0.05) is 6.07 Å². The first-order chi connectivity index (χ1) is 11.6. The van der Waals surface area contributed by atoms with Gasteiger partial charge in [0.15, 0.2) is 11.6 Å². The number of thioether (sulfide) groups is 1. The van der Waals surface area contributed by atoms with Gasteiger partial charge in [-0.15, -0.1) is 11.8 Å². The van der Waals surface area contributed by atoms with Gasteiger partial charge in [-0.2, -0.15) is 10.5 Å². The summed E-state index contributed by atoms with van der Waals surface area (Å²) in [6.07, 6.45) is 1.56. The molecule has 2 rings (SSSR count). The lowest BCUT2D eigenvalue weighted by Gasteiger charge is -2.15. The van der Waals surface area contributed by atoms with Crippen molar-refractivity contribution >= 4 is 23.1 Å². The molecule has 0 aromatic heterocycles. The number of benzene rings is 2. The number of nitrogens with one attached hydrogen (secondary N) is 1. The average molecular weight is 345 g/mol. The van der Waals surface area contributed by atoms with Crippen LogP contribution < -0.4 is 10.1 Å². The van der Waals surface area contributed by atoms with Gasteiger partial charge in [0.1, 0.15) is 29.0 Å². The van der Waals surface area contributed by atoms with Crippen LogP contribution in [-0.4, -0.2) is 12.9 Å². The molecule has 0 unspecified atom stereocenters. The van der Waals surface area contributed by atoms with Crippen LogP contribution in [0.2, 0.25) is 0 Å². The molecule has 0 saturated carbocycles. The zero-order chi connectivity index (χ0) is 17.7. The Balaban J connectivity index is 2.59. The van der Waals surface area contributed by atoms with E-state index in [1.54, 1.807) is 42.7 Å². The van der Waals surface area contributed by atoms with Gasteiger partial charge in [0, 0.05) is 11.8 Å². The van der Waals surface area contributed by atoms with Crippen molar-refractivity contribution in [3.63, 3.8) is 0 Å². The Hall–Kier alpha value is -2.77. The topological polar surface area (TPSA) is 68.8 Å². The zero-order valence-corrected chi connectivity index (χ0v) is 13.8. The van der Waals surface area contributed by atoms with E-state index >= 15 is 0 Å². The predicted octanol–water partition coefficient (Wildman–Crippen LogP) is 4.57. The molecule has 0 radical (unpaired) electrons. The van der Waals surface area contributed by atoms with Crippen LogP contribution in [0.4, 0.5) is 20.2 Å². The van der Waals surface area contributed by atoms with Gasteiger partial charge in [-0.25, -0.2) is 8.78 Å². The first kappa shape index (κ1) is 17.6. The number of hydrogen-bond donors (Lipinski definition) is 1. The molecule has 0 heterocycles. The van der Waals surface area contributed by atoms with Gasteiger partial charge in [-0.3, -0.25) is 0 Å². The third-order valence-electron chi connectivity index (χ3n) is 3.18. The van der Waals surface area contributed by atoms with E-state index < -0.39 is 22.8 Å². The molecule has 0 spiro atoms. The van der Waals surface area contributed by atoms with Gasteiger partial charge < -0.3 is 10.1 Å². The van der Waals surface area contributed by atoms with Gasteiger partial charge in [0.2, 0.25) is 0 Å². The van der Waals surface area contributed by atoms with E-state index in [9.17, 15) is 8.78 Å². The van der Waals surface area contributed by atoms with Crippen LogP contribution in [0.15, 0.2) is 29.2 Å². The Morgan fingerprint density at radius 2 is 1.83 bits per heavy atom. The molecule has 24 heavy (non-hydrogen) atoms. The van der Waals surface area contributed by atoms with Crippen LogP contribution in [-0.2, 0) is 0 Å². The number of rotatable bonds is 5. The fraction of sp³-hybridized carbons (Fsp3) is 0.176. The lowest BCUT2D eigenvalue weighted by Crippen LogP contribution is -2.05. The highest BCUT2D eigenvalue weighted by atomic mass is 32.2. The highest BCUT2D eigenvalue weighted by molar-refractivity contribution is 7.98. The molecule has 2 aromatic carbocycles. The first-order valence-corrected chi connectivity index (χ1v) is 8.18. The Bertz CT molecular complexity index is 853. The number of nitrogens with zero attached hydrogens (tertiary/aromatic N) is 2. The van der Waals surface area contributed by atoms with E-state index in [1.807, 2.05) is 6.92 Å². The standard InChI is InChI=1S/C17H13F2N3OS/c1-3-23-11-6-4-5-10(7-11)22-16-14(18)12(8-20)13(9-21)15(19)17(16)24-2/h4-7,22H,3H2,1-2H3. The smallest absolute Gasteiger partial charge is 0.167 e. The number of hydrogen-bond acceptors (Lipinski definition) is 5. The minimum atomic E-state index is -0.957. The second kappa shape index (κ2) is 7.67. The number of ether oxygens (including phenoxy) is 1. The van der Waals surface area contributed by atoms with Crippen molar-refractivity contribution in [1.29, 1.82) is 10.5 Å². The van der Waals surface area contributed by atoms with E-state index in [0.29, 0.717) is 18.0 Å². The molecule has 0 aliphatic rings. The lowest BCUT2D eigenvalue weighted by atomic mass is 10.1. The Kier molecular flexibility index (Phi) is 5.62. The van der Waals surface area contributed by atoms with Gasteiger partial charge in [0.25, 0.3) is 0 Å². The van der Waals surface area contributed by atoms with Crippen molar-refractivity contribution in [3.8, 4) is 17.9 Å². The summed E-state index contributed by atoms with van der Waals surface area (Å²) in [5.41, 5.74) is -0.906. The largest absolute Gasteiger partial charge is 0.494 e. The molecule has 0 aliphatic heterocycles. The third-order valence-corrected chi connectivity index (χ3v) is 3.97. The minimum absolute atomic E-state index is 0.0649. The van der Waals surface area contributed by atoms with E-state index in [-0.39, 0.29) is 10.6 Å². The van der Waals surface area contributed by atoms with Gasteiger partial charge in [0.05, 0.1) is 17.2 Å². The molecule has 1 N–H and O–H groups in total. The van der Waals surface area contributed by atoms with E-state index in [2.05, 4.69) is 5.32 Å². The minimum Gasteiger partial charge on any atom is -0.494 e. The molecule has 0 bridgehead atoms. The average Bonchev–Trinajstić information content (AvgIpc) is 2.58. The maximum absolute atomic E-state index is 14.6. The molecule has 0 saturated heterocycles. The maximum Gasteiger partial charge on any atom is 0.167 e. The summed E-state index contributed by atoms with van der Waals surface area (Å²) in [4.78, 5) is -0.0649. The SMILES string of the molecule is CCOc1cccc(Nc2c(F)c(C#N)c(C#N)c(F)c2SC)c1. The summed E-state index contributed by atoms with van der Waals surface area (Å²) in [6, 6.07) is 9.84. The van der Waals surface area contributed by atoms with Crippen LogP contribution >= 0.6 is 11.8 Å².